The van der Waals surface area contributed by atoms with Gasteiger partial charge in [0.05, 0.1) is 11.3 Å². The van der Waals surface area contributed by atoms with Crippen molar-refractivity contribution in [3.8, 4) is 0 Å². The molecular weight excluding hydrogens is 186 g/mol. The largest absolute Gasteiger partial charge is 0.386 e. The second kappa shape index (κ2) is 4.15. The minimum atomic E-state index is -3.11. The highest BCUT2D eigenvalue weighted by Gasteiger charge is 2.21. The summed E-state index contributed by atoms with van der Waals surface area (Å²) in [5.41, 5.74) is -2.25. The van der Waals surface area contributed by atoms with Crippen LogP contribution in [0.4, 0.5) is 0 Å². The highest BCUT2D eigenvalue weighted by Crippen LogP contribution is 2.28. The van der Waals surface area contributed by atoms with Gasteiger partial charge in [0.1, 0.15) is 0 Å². The van der Waals surface area contributed by atoms with E-state index < -0.39 is 19.3 Å². The van der Waals surface area contributed by atoms with E-state index in [1.807, 2.05) is 0 Å². The average molecular weight is 211 g/mol. The van der Waals surface area contributed by atoms with E-state index in [4.69, 9.17) is 8.22 Å². The molecule has 1 aromatic heterocycles. The van der Waals surface area contributed by atoms with Gasteiger partial charge in [-0.25, -0.2) is 0 Å². The van der Waals surface area contributed by atoms with Gasteiger partial charge in [0.2, 0.25) is 0 Å². The topological polar surface area (TPSA) is 33.1 Å². The van der Waals surface area contributed by atoms with Gasteiger partial charge in [0.15, 0.2) is 0 Å². The molecule has 2 heteroatoms. The maximum Gasteiger partial charge on any atom is 0.0858 e. The summed E-state index contributed by atoms with van der Waals surface area (Å²) in [4.78, 5) is 3.96. The number of rotatable bonds is 3. The van der Waals surface area contributed by atoms with Crippen molar-refractivity contribution < 1.29 is 13.3 Å². The highest BCUT2D eigenvalue weighted by molar-refractivity contribution is 5.46. The van der Waals surface area contributed by atoms with Crippen LogP contribution in [0.5, 0.6) is 0 Å². The molecule has 0 aliphatic rings. The fourth-order valence-corrected chi connectivity index (χ4v) is 1.38. The Morgan fingerprint density at radius 2 is 2.27 bits per heavy atom. The Labute approximate surface area is 100 Å². The molecule has 2 nitrogen and oxygen atoms in total. The summed E-state index contributed by atoms with van der Waals surface area (Å²) in [6, 6.07) is 1.55. The predicted molar refractivity (Wildman–Crippen MR) is 63.7 cm³/mol. The zero-order chi connectivity index (χ0) is 16.6. The number of aromatic nitrogens is 1. The van der Waals surface area contributed by atoms with Crippen molar-refractivity contribution >= 4 is 6.08 Å². The molecule has 1 heterocycles. The van der Waals surface area contributed by atoms with Gasteiger partial charge in [-0.2, -0.15) is 0 Å². The fourth-order valence-electron chi connectivity index (χ4n) is 1.38. The van der Waals surface area contributed by atoms with Crippen LogP contribution in [-0.4, -0.2) is 10.1 Å². The van der Waals surface area contributed by atoms with Crippen molar-refractivity contribution in [2.75, 3.05) is 0 Å². The molecule has 1 N–H and O–H groups in total. The lowest BCUT2D eigenvalue weighted by Crippen LogP contribution is -2.19. The second-order valence-electron chi connectivity index (χ2n) is 3.77. The molecule has 0 atom stereocenters. The van der Waals surface area contributed by atoms with Gasteiger partial charge in [-0.05, 0) is 37.3 Å². The van der Waals surface area contributed by atoms with E-state index in [0.717, 1.165) is 6.20 Å². The van der Waals surface area contributed by atoms with E-state index in [1.165, 1.54) is 6.08 Å². The van der Waals surface area contributed by atoms with Crippen LogP contribution in [0.25, 0.3) is 6.08 Å². The molecule has 0 fully saturated rings. The molecule has 0 bridgehead atoms. The maximum absolute atomic E-state index is 10.6. The molecule has 0 radical (unpaired) electrons. The molecule has 0 saturated carbocycles. The van der Waals surface area contributed by atoms with Crippen molar-refractivity contribution in [1.29, 1.82) is 0 Å². The first-order chi connectivity index (χ1) is 9.36. The Morgan fingerprint density at radius 3 is 2.73 bits per heavy atom. The Bertz CT molecular complexity index is 518. The predicted octanol–water partition coefficient (Wildman–Crippen LogP) is 3.08. The number of nitrogens with zero attached hydrogens (tertiary/aromatic N) is 1. The molecule has 0 amide bonds. The summed E-state index contributed by atoms with van der Waals surface area (Å²) >= 11 is 0. The zero-order valence-electron chi connectivity index (χ0n) is 14.9. The fraction of sp³-hybridized carbons (Fsp3) is 0.462. The second-order valence-corrected chi connectivity index (χ2v) is 3.77. The molecule has 82 valence electrons. The monoisotopic (exact) mass is 211 g/mol. The molecule has 0 aromatic carbocycles. The van der Waals surface area contributed by atoms with Crippen LogP contribution in [0.3, 0.4) is 0 Å². The SMILES string of the molecule is [2H]C([2H])([2H])C(O)(c1cnc(C=C)cc1C(C)C)C([2H])([2H])[2H]. The molecule has 0 saturated heterocycles. The van der Waals surface area contributed by atoms with Crippen molar-refractivity contribution in [3.05, 3.63) is 35.7 Å². The molecule has 0 aliphatic carbocycles. The van der Waals surface area contributed by atoms with E-state index in [-0.39, 0.29) is 11.5 Å². The van der Waals surface area contributed by atoms with Gasteiger partial charge in [-0.15, -0.1) is 0 Å². The lowest BCUT2D eigenvalue weighted by atomic mass is 9.89. The highest BCUT2D eigenvalue weighted by atomic mass is 16.3. The molecule has 0 aliphatic heterocycles. The lowest BCUT2D eigenvalue weighted by Gasteiger charge is -2.23. The van der Waals surface area contributed by atoms with Gasteiger partial charge < -0.3 is 5.11 Å². The lowest BCUT2D eigenvalue weighted by molar-refractivity contribution is 0.0769. The molecular formula is C13H19NO. The van der Waals surface area contributed by atoms with Crippen molar-refractivity contribution in [1.82, 2.24) is 4.98 Å². The van der Waals surface area contributed by atoms with Crippen LogP contribution in [-0.2, 0) is 5.60 Å². The summed E-state index contributed by atoms with van der Waals surface area (Å²) in [6.07, 6.45) is 2.59. The molecule has 15 heavy (non-hydrogen) atoms. The third kappa shape index (κ3) is 2.66. The number of pyridine rings is 1. The first kappa shape index (κ1) is 5.80. The van der Waals surface area contributed by atoms with Crippen LogP contribution in [0.15, 0.2) is 18.8 Å². The smallest absolute Gasteiger partial charge is 0.0858 e. The van der Waals surface area contributed by atoms with Gasteiger partial charge in [0.25, 0.3) is 0 Å². The van der Waals surface area contributed by atoms with Crippen LogP contribution < -0.4 is 0 Å². The van der Waals surface area contributed by atoms with E-state index in [0.29, 0.717) is 11.3 Å². The Morgan fingerprint density at radius 1 is 1.60 bits per heavy atom. The Kier molecular flexibility index (Phi) is 1.61. The Balaban J connectivity index is 3.72. The summed E-state index contributed by atoms with van der Waals surface area (Å²) in [5.74, 6) is -0.182. The Hall–Kier alpha value is -1.15. The van der Waals surface area contributed by atoms with Crippen LogP contribution in [0, 0.1) is 0 Å². The maximum atomic E-state index is 10.6. The first-order valence-corrected chi connectivity index (χ1v) is 4.71. The van der Waals surface area contributed by atoms with Gasteiger partial charge >= 0.3 is 0 Å². The van der Waals surface area contributed by atoms with Crippen LogP contribution in [0.2, 0.25) is 0 Å². The van der Waals surface area contributed by atoms with Crippen molar-refractivity contribution in [2.45, 2.75) is 39.1 Å². The summed E-state index contributed by atoms with van der Waals surface area (Å²) in [6.45, 7) is 0.916. The summed E-state index contributed by atoms with van der Waals surface area (Å²) in [7, 11) is 0. The first-order valence-electron chi connectivity index (χ1n) is 7.71. The average Bonchev–Trinajstić information content (AvgIpc) is 2.34. The van der Waals surface area contributed by atoms with Crippen LogP contribution >= 0.6 is 0 Å². The third-order valence-electron chi connectivity index (χ3n) is 2.18. The molecule has 1 rings (SSSR count). The normalized spacial score (nSPS) is 19.5. The van der Waals surface area contributed by atoms with Crippen molar-refractivity contribution in [2.24, 2.45) is 0 Å². The van der Waals surface area contributed by atoms with E-state index >= 15 is 0 Å². The number of aliphatic hydroxyl groups is 1. The quantitative estimate of drug-likeness (QED) is 0.833. The molecule has 0 unspecified atom stereocenters. The number of hydrogen-bond acceptors (Lipinski definition) is 2. The van der Waals surface area contributed by atoms with Crippen LogP contribution in [0.1, 0.15) is 58.5 Å². The third-order valence-corrected chi connectivity index (χ3v) is 2.18. The summed E-state index contributed by atoms with van der Waals surface area (Å²) in [5, 5.41) is 10.6. The summed E-state index contributed by atoms with van der Waals surface area (Å²) < 4.78 is 44.9. The van der Waals surface area contributed by atoms with E-state index in [1.54, 1.807) is 19.9 Å². The van der Waals surface area contributed by atoms with E-state index in [2.05, 4.69) is 11.6 Å². The van der Waals surface area contributed by atoms with Crippen molar-refractivity contribution in [3.63, 3.8) is 0 Å². The zero-order valence-corrected chi connectivity index (χ0v) is 8.91. The van der Waals surface area contributed by atoms with Gasteiger partial charge in [-0.3, -0.25) is 4.98 Å². The minimum Gasteiger partial charge on any atom is -0.386 e. The molecule has 0 spiro atoms. The standard InChI is InChI=1S/C13H19NO/c1-6-10-7-11(9(2)3)12(8-14-10)13(4,5)15/h6-9,15H,1H2,2-5H3/i4D3,5D3. The number of hydrogen-bond donors (Lipinski definition) is 1. The minimum absolute atomic E-state index is 0.182. The molecule has 1 aromatic rings. The van der Waals surface area contributed by atoms with Gasteiger partial charge in [0, 0.05) is 20.0 Å². The van der Waals surface area contributed by atoms with E-state index in [9.17, 15) is 5.11 Å². The van der Waals surface area contributed by atoms with Gasteiger partial charge in [-0.1, -0.05) is 20.4 Å².